The number of aliphatic hydroxyl groups excluding tert-OH is 1. The van der Waals surface area contributed by atoms with Crippen LogP contribution in [0.25, 0.3) is 10.9 Å². The molecular weight excluding hydrogens is 358 g/mol. The number of nitrogens with one attached hydrogen (secondary N) is 2. The summed E-state index contributed by atoms with van der Waals surface area (Å²) >= 11 is 0. The van der Waals surface area contributed by atoms with E-state index in [0.29, 0.717) is 35.1 Å². The van der Waals surface area contributed by atoms with E-state index in [-0.39, 0.29) is 29.5 Å². The summed E-state index contributed by atoms with van der Waals surface area (Å²) < 4.78 is 5.25. The summed E-state index contributed by atoms with van der Waals surface area (Å²) in [5, 5.41) is 13.5. The molecule has 1 aliphatic carbocycles. The molecule has 1 atom stereocenters. The number of hydrogen-bond acceptors (Lipinski definition) is 5. The number of H-pyrrole nitrogens is 1. The number of benzene rings is 1. The Labute approximate surface area is 161 Å². The lowest BCUT2D eigenvalue weighted by Crippen LogP contribution is -2.41. The fourth-order valence-corrected chi connectivity index (χ4v) is 3.70. The van der Waals surface area contributed by atoms with Crippen molar-refractivity contribution in [1.29, 1.82) is 0 Å². The van der Waals surface area contributed by atoms with Crippen LogP contribution in [0.1, 0.15) is 34.8 Å². The van der Waals surface area contributed by atoms with Crippen LogP contribution in [0.4, 0.5) is 0 Å². The number of methoxy groups -OCH3 is 1. The smallest absolute Gasteiger partial charge is 0.252 e. The molecule has 144 valence electrons. The molecule has 2 aromatic heterocycles. The van der Waals surface area contributed by atoms with E-state index < -0.39 is 0 Å². The Hall–Kier alpha value is -3.19. The van der Waals surface area contributed by atoms with Gasteiger partial charge < -0.3 is 20.1 Å². The first-order valence-electron chi connectivity index (χ1n) is 9.15. The maximum absolute atomic E-state index is 13.1. The predicted octanol–water partition coefficient (Wildman–Crippen LogP) is 2.17. The van der Waals surface area contributed by atoms with E-state index in [1.165, 1.54) is 6.07 Å². The molecule has 0 bridgehead atoms. The molecule has 4 rings (SSSR count). The first kappa shape index (κ1) is 18.2. The Balaban J connectivity index is 1.69. The summed E-state index contributed by atoms with van der Waals surface area (Å²) in [5.41, 5.74) is 1.40. The highest BCUT2D eigenvalue weighted by Crippen LogP contribution is 2.38. The Morgan fingerprint density at radius 1 is 1.29 bits per heavy atom. The minimum absolute atomic E-state index is 0.0844. The summed E-state index contributed by atoms with van der Waals surface area (Å²) in [4.78, 5) is 32.0. The zero-order chi connectivity index (χ0) is 19.7. The van der Waals surface area contributed by atoms with Crippen molar-refractivity contribution in [3.05, 3.63) is 70.3 Å². The van der Waals surface area contributed by atoms with E-state index in [4.69, 9.17) is 4.74 Å². The van der Waals surface area contributed by atoms with Crippen molar-refractivity contribution >= 4 is 16.8 Å². The second kappa shape index (κ2) is 7.44. The average molecular weight is 379 g/mol. The van der Waals surface area contributed by atoms with Crippen molar-refractivity contribution in [2.75, 3.05) is 7.11 Å². The fourth-order valence-electron chi connectivity index (χ4n) is 3.70. The second-order valence-electron chi connectivity index (χ2n) is 7.09. The summed E-state index contributed by atoms with van der Waals surface area (Å²) in [6.07, 6.45) is 4.12. The van der Waals surface area contributed by atoms with Gasteiger partial charge in [-0.2, -0.15) is 0 Å². The zero-order valence-corrected chi connectivity index (χ0v) is 15.4. The molecule has 1 saturated carbocycles. The molecule has 1 aromatic carbocycles. The minimum Gasteiger partial charge on any atom is -0.495 e. The molecule has 3 aromatic rings. The molecule has 0 radical (unpaired) electrons. The average Bonchev–Trinajstić information content (AvgIpc) is 2.69. The number of pyridine rings is 2. The molecule has 0 aliphatic heterocycles. The molecule has 1 fully saturated rings. The molecule has 1 unspecified atom stereocenters. The van der Waals surface area contributed by atoms with Gasteiger partial charge >= 0.3 is 0 Å². The number of carbonyl (C=O) groups is 1. The third-order valence-corrected chi connectivity index (χ3v) is 5.23. The highest BCUT2D eigenvalue weighted by molar-refractivity contribution is 6.06. The summed E-state index contributed by atoms with van der Waals surface area (Å²) in [6, 6.07) is 10.0. The van der Waals surface area contributed by atoms with Crippen molar-refractivity contribution in [2.24, 2.45) is 5.92 Å². The van der Waals surface area contributed by atoms with Gasteiger partial charge in [-0.15, -0.1) is 0 Å². The Morgan fingerprint density at radius 3 is 2.82 bits per heavy atom. The van der Waals surface area contributed by atoms with Crippen LogP contribution in [-0.4, -0.2) is 34.2 Å². The van der Waals surface area contributed by atoms with Crippen molar-refractivity contribution in [2.45, 2.75) is 25.0 Å². The normalized spacial score (nSPS) is 19.6. The largest absolute Gasteiger partial charge is 0.495 e. The van der Waals surface area contributed by atoms with Gasteiger partial charge in [0.05, 0.1) is 31.0 Å². The number of para-hydroxylation sites is 1. The van der Waals surface area contributed by atoms with Gasteiger partial charge in [0.25, 0.3) is 5.91 Å². The van der Waals surface area contributed by atoms with Crippen LogP contribution >= 0.6 is 0 Å². The van der Waals surface area contributed by atoms with Gasteiger partial charge in [0.2, 0.25) is 5.56 Å². The van der Waals surface area contributed by atoms with Crippen LogP contribution in [0.5, 0.6) is 5.75 Å². The molecule has 7 heteroatoms. The summed E-state index contributed by atoms with van der Waals surface area (Å²) in [7, 11) is 1.56. The van der Waals surface area contributed by atoms with Gasteiger partial charge in [-0.05, 0) is 36.5 Å². The Bertz CT molecular complexity index is 1070. The van der Waals surface area contributed by atoms with Crippen molar-refractivity contribution in [3.63, 3.8) is 0 Å². The number of ether oxygens (including phenoxy) is 1. The monoisotopic (exact) mass is 379 g/mol. The van der Waals surface area contributed by atoms with Crippen LogP contribution in [-0.2, 0) is 0 Å². The van der Waals surface area contributed by atoms with Gasteiger partial charge in [-0.1, -0.05) is 18.2 Å². The lowest BCUT2D eigenvalue weighted by atomic mass is 9.75. The number of fused-ring (bicyclic) bond motifs is 1. The van der Waals surface area contributed by atoms with Crippen LogP contribution in [0, 0.1) is 5.92 Å². The lowest BCUT2D eigenvalue weighted by molar-refractivity contribution is 0.0234. The molecule has 2 heterocycles. The number of hydrogen-bond donors (Lipinski definition) is 3. The first-order chi connectivity index (χ1) is 13.5. The topological polar surface area (TPSA) is 104 Å². The number of rotatable bonds is 5. The van der Waals surface area contributed by atoms with E-state index in [1.54, 1.807) is 37.7 Å². The lowest BCUT2D eigenvalue weighted by Gasteiger charge is -2.38. The van der Waals surface area contributed by atoms with Gasteiger partial charge in [-0.25, -0.2) is 0 Å². The number of aliphatic hydroxyl groups is 1. The van der Waals surface area contributed by atoms with Gasteiger partial charge in [0.1, 0.15) is 5.75 Å². The predicted molar refractivity (Wildman–Crippen MR) is 104 cm³/mol. The molecule has 1 aliphatic rings. The molecular formula is C21H21N3O4. The number of aromatic nitrogens is 2. The maximum atomic E-state index is 13.1. The molecule has 0 spiro atoms. The standard InChI is InChI=1S/C21H21N3O4/c1-28-15-8-13(10-22-11-15)20(12-6-14(25)7-12)24-21(27)17-9-19(26)23-18-5-3-2-4-16(17)18/h2-5,8-12,14,20,25H,6-7H2,1H3,(H,23,26)(H,24,27). The van der Waals surface area contributed by atoms with E-state index >= 15 is 0 Å². The van der Waals surface area contributed by atoms with Gasteiger partial charge in [-0.3, -0.25) is 14.6 Å². The summed E-state index contributed by atoms with van der Waals surface area (Å²) in [6.45, 7) is 0. The molecule has 3 N–H and O–H groups in total. The first-order valence-corrected chi connectivity index (χ1v) is 9.15. The molecule has 1 amide bonds. The van der Waals surface area contributed by atoms with Crippen molar-refractivity contribution in [1.82, 2.24) is 15.3 Å². The number of carbonyl (C=O) groups excluding carboxylic acids is 1. The Morgan fingerprint density at radius 2 is 2.07 bits per heavy atom. The van der Waals surface area contributed by atoms with E-state index in [9.17, 15) is 14.7 Å². The van der Waals surface area contributed by atoms with Crippen LogP contribution < -0.4 is 15.6 Å². The number of aromatic amines is 1. The fraction of sp³-hybridized carbons (Fsp3) is 0.286. The van der Waals surface area contributed by atoms with Crippen LogP contribution in [0.15, 0.2) is 53.6 Å². The molecule has 7 nitrogen and oxygen atoms in total. The SMILES string of the molecule is COc1cncc(C(NC(=O)c2cc(=O)[nH]c3ccccc23)C2CC(O)C2)c1. The minimum atomic E-state index is -0.358. The Kier molecular flexibility index (Phi) is 4.83. The highest BCUT2D eigenvalue weighted by Gasteiger charge is 2.36. The van der Waals surface area contributed by atoms with Gasteiger partial charge in [0.15, 0.2) is 0 Å². The third-order valence-electron chi connectivity index (χ3n) is 5.23. The third kappa shape index (κ3) is 3.48. The van der Waals surface area contributed by atoms with Gasteiger partial charge in [0, 0.05) is 23.2 Å². The molecule has 28 heavy (non-hydrogen) atoms. The van der Waals surface area contributed by atoms with Crippen molar-refractivity contribution in [3.8, 4) is 5.75 Å². The highest BCUT2D eigenvalue weighted by atomic mass is 16.5. The quantitative estimate of drug-likeness (QED) is 0.630. The summed E-state index contributed by atoms with van der Waals surface area (Å²) in [5.74, 6) is 0.343. The molecule has 0 saturated heterocycles. The van der Waals surface area contributed by atoms with E-state index in [2.05, 4.69) is 15.3 Å². The van der Waals surface area contributed by atoms with Crippen LogP contribution in [0.3, 0.4) is 0 Å². The zero-order valence-electron chi connectivity index (χ0n) is 15.4. The van der Waals surface area contributed by atoms with E-state index in [0.717, 1.165) is 5.56 Å². The second-order valence-corrected chi connectivity index (χ2v) is 7.09. The number of amides is 1. The van der Waals surface area contributed by atoms with Crippen molar-refractivity contribution < 1.29 is 14.6 Å². The number of nitrogens with zero attached hydrogens (tertiary/aromatic N) is 1. The maximum Gasteiger partial charge on any atom is 0.252 e. The van der Waals surface area contributed by atoms with E-state index in [1.807, 2.05) is 12.1 Å². The van der Waals surface area contributed by atoms with Crippen LogP contribution in [0.2, 0.25) is 0 Å².